The predicted molar refractivity (Wildman–Crippen MR) is 138 cm³/mol. The third kappa shape index (κ3) is 4.11. The van der Waals surface area contributed by atoms with Crippen molar-refractivity contribution < 1.29 is 23.9 Å². The summed E-state index contributed by atoms with van der Waals surface area (Å²) in [5.74, 6) is 1.59. The molecule has 3 aromatic rings. The maximum atomic E-state index is 13.8. The largest absolute Gasteiger partial charge is 0.496 e. The van der Waals surface area contributed by atoms with Crippen LogP contribution in [0.2, 0.25) is 0 Å². The van der Waals surface area contributed by atoms with Gasteiger partial charge in [-0.3, -0.25) is 14.4 Å². The van der Waals surface area contributed by atoms with E-state index in [9.17, 15) is 19.6 Å². The van der Waals surface area contributed by atoms with Crippen molar-refractivity contribution in [3.63, 3.8) is 0 Å². The Bertz CT molecular complexity index is 1520. The van der Waals surface area contributed by atoms with E-state index >= 15 is 0 Å². The molecule has 1 saturated heterocycles. The van der Waals surface area contributed by atoms with Gasteiger partial charge in [-0.1, -0.05) is 30.2 Å². The van der Waals surface area contributed by atoms with Crippen LogP contribution in [-0.4, -0.2) is 66.6 Å². The number of terminal acetylenes is 1. The SMILES string of the molecule is C#CCOC[C@H](NC(=O)c1cc2c(OC)cccc2[nH]1)C(=O)N1C[C@]2(C[C@H]1C#N)C(=O)Nc1ccccc12. The van der Waals surface area contributed by atoms with Crippen molar-refractivity contribution in [2.24, 2.45) is 0 Å². The van der Waals surface area contributed by atoms with Crippen molar-refractivity contribution in [2.75, 3.05) is 32.2 Å². The molecule has 192 valence electrons. The molecule has 1 aromatic heterocycles. The molecule has 1 fully saturated rings. The highest BCUT2D eigenvalue weighted by Gasteiger charge is 2.56. The van der Waals surface area contributed by atoms with E-state index in [1.165, 1.54) is 12.0 Å². The number of benzene rings is 2. The summed E-state index contributed by atoms with van der Waals surface area (Å²) in [6.07, 6.45) is 5.44. The number of ether oxygens (including phenoxy) is 2. The molecule has 0 unspecified atom stereocenters. The average Bonchev–Trinajstić information content (AvgIpc) is 3.62. The van der Waals surface area contributed by atoms with E-state index < -0.39 is 29.3 Å². The number of hydrogen-bond donors (Lipinski definition) is 3. The number of carbonyl (C=O) groups is 3. The zero-order chi connectivity index (χ0) is 26.9. The molecule has 0 saturated carbocycles. The molecule has 2 aliphatic heterocycles. The van der Waals surface area contributed by atoms with E-state index in [1.807, 2.05) is 18.2 Å². The first-order valence-corrected chi connectivity index (χ1v) is 12.0. The maximum absolute atomic E-state index is 13.8. The number of methoxy groups -OCH3 is 1. The van der Waals surface area contributed by atoms with Crippen LogP contribution in [0.5, 0.6) is 5.75 Å². The van der Waals surface area contributed by atoms with Crippen LogP contribution >= 0.6 is 0 Å². The smallest absolute Gasteiger partial charge is 0.268 e. The molecule has 0 radical (unpaired) electrons. The Balaban J connectivity index is 1.42. The highest BCUT2D eigenvalue weighted by atomic mass is 16.5. The average molecular weight is 512 g/mol. The Hall–Kier alpha value is -4.80. The van der Waals surface area contributed by atoms with Crippen molar-refractivity contribution in [3.8, 4) is 24.2 Å². The number of hydrogen-bond acceptors (Lipinski definition) is 6. The number of likely N-dealkylation sites (tertiary alicyclic amines) is 1. The fraction of sp³-hybridized carbons (Fsp3) is 0.286. The van der Waals surface area contributed by atoms with E-state index in [-0.39, 0.29) is 37.8 Å². The van der Waals surface area contributed by atoms with Crippen LogP contribution in [0.15, 0.2) is 48.5 Å². The number of H-pyrrole nitrogens is 1. The van der Waals surface area contributed by atoms with Gasteiger partial charge >= 0.3 is 0 Å². The first-order chi connectivity index (χ1) is 18.4. The molecule has 5 rings (SSSR count). The molecule has 10 nitrogen and oxygen atoms in total. The molecule has 2 aliphatic rings. The number of fused-ring (bicyclic) bond motifs is 3. The molecule has 0 bridgehead atoms. The number of carbonyl (C=O) groups excluding carboxylic acids is 3. The Morgan fingerprint density at radius 1 is 1.29 bits per heavy atom. The van der Waals surface area contributed by atoms with E-state index in [1.54, 1.807) is 30.3 Å². The van der Waals surface area contributed by atoms with Crippen molar-refractivity contribution >= 4 is 34.3 Å². The number of aromatic amines is 1. The number of para-hydroxylation sites is 1. The highest BCUT2D eigenvalue weighted by molar-refractivity contribution is 6.07. The maximum Gasteiger partial charge on any atom is 0.268 e. The number of aromatic nitrogens is 1. The summed E-state index contributed by atoms with van der Waals surface area (Å²) in [5.41, 5.74) is 1.28. The van der Waals surface area contributed by atoms with Crippen molar-refractivity contribution in [1.82, 2.24) is 15.2 Å². The van der Waals surface area contributed by atoms with Gasteiger partial charge in [0.2, 0.25) is 11.8 Å². The lowest BCUT2D eigenvalue weighted by atomic mass is 9.80. The van der Waals surface area contributed by atoms with Gasteiger partial charge in [-0.2, -0.15) is 5.26 Å². The summed E-state index contributed by atoms with van der Waals surface area (Å²) in [5, 5.41) is 16.2. The van der Waals surface area contributed by atoms with E-state index in [2.05, 4.69) is 27.6 Å². The lowest BCUT2D eigenvalue weighted by Gasteiger charge is -2.27. The second kappa shape index (κ2) is 9.92. The van der Waals surface area contributed by atoms with Crippen LogP contribution in [0, 0.1) is 23.7 Å². The molecule has 3 heterocycles. The minimum Gasteiger partial charge on any atom is -0.496 e. The van der Waals surface area contributed by atoms with Crippen LogP contribution in [0.25, 0.3) is 10.9 Å². The monoisotopic (exact) mass is 511 g/mol. The number of nitrogens with zero attached hydrogens (tertiary/aromatic N) is 2. The minimum atomic E-state index is -1.14. The predicted octanol–water partition coefficient (Wildman–Crippen LogP) is 1.94. The third-order valence-electron chi connectivity index (χ3n) is 7.08. The second-order valence-corrected chi connectivity index (χ2v) is 9.25. The van der Waals surface area contributed by atoms with Crippen LogP contribution in [0.3, 0.4) is 0 Å². The molecule has 3 N–H and O–H groups in total. The quantitative estimate of drug-likeness (QED) is 0.328. The van der Waals surface area contributed by atoms with Gasteiger partial charge in [-0.05, 0) is 29.8 Å². The zero-order valence-corrected chi connectivity index (χ0v) is 20.6. The fourth-order valence-corrected chi connectivity index (χ4v) is 5.26. The highest BCUT2D eigenvalue weighted by Crippen LogP contribution is 2.46. The van der Waals surface area contributed by atoms with E-state index in [4.69, 9.17) is 15.9 Å². The molecule has 38 heavy (non-hydrogen) atoms. The van der Waals surface area contributed by atoms with Crippen LogP contribution in [-0.2, 0) is 19.7 Å². The summed E-state index contributed by atoms with van der Waals surface area (Å²) in [6, 6.07) is 14.4. The molecule has 3 atom stereocenters. The fourth-order valence-electron chi connectivity index (χ4n) is 5.26. The normalized spacial score (nSPS) is 20.4. The van der Waals surface area contributed by atoms with Crippen molar-refractivity contribution in [3.05, 3.63) is 59.8 Å². The Morgan fingerprint density at radius 3 is 2.87 bits per heavy atom. The van der Waals surface area contributed by atoms with Gasteiger partial charge in [0.1, 0.15) is 30.1 Å². The second-order valence-electron chi connectivity index (χ2n) is 9.25. The van der Waals surface area contributed by atoms with Gasteiger partial charge < -0.3 is 30.0 Å². The summed E-state index contributed by atoms with van der Waals surface area (Å²) in [7, 11) is 1.54. The molecular weight excluding hydrogens is 486 g/mol. The van der Waals surface area contributed by atoms with E-state index in [0.29, 0.717) is 22.3 Å². The van der Waals surface area contributed by atoms with Crippen LogP contribution in [0.4, 0.5) is 5.69 Å². The molecule has 3 amide bonds. The first kappa shape index (κ1) is 24.9. The Kier molecular flexibility index (Phi) is 6.50. The van der Waals surface area contributed by atoms with Gasteiger partial charge in [-0.25, -0.2) is 0 Å². The molecule has 2 aromatic carbocycles. The molecular formula is C28H25N5O5. The van der Waals surface area contributed by atoms with Gasteiger partial charge in [0, 0.05) is 29.6 Å². The third-order valence-corrected chi connectivity index (χ3v) is 7.08. The molecule has 1 spiro atoms. The lowest BCUT2D eigenvalue weighted by molar-refractivity contribution is -0.135. The summed E-state index contributed by atoms with van der Waals surface area (Å²) < 4.78 is 10.8. The number of rotatable bonds is 7. The van der Waals surface area contributed by atoms with Gasteiger partial charge in [0.05, 0.1) is 25.2 Å². The number of anilines is 1. The molecule has 0 aliphatic carbocycles. The summed E-state index contributed by atoms with van der Waals surface area (Å²) in [6.45, 7) is -0.272. The Labute approximate surface area is 218 Å². The number of amides is 3. The van der Waals surface area contributed by atoms with Crippen molar-refractivity contribution in [2.45, 2.75) is 23.9 Å². The standard InChI is InChI=1S/C28H25N5O5/c1-3-11-38-15-23(31-25(34)22-12-18-20(30-22)9-6-10-24(18)37-2)26(35)33-16-28(13-17(33)14-29)19-7-4-5-8-21(19)32-27(28)36/h1,4-10,12,17,23,30H,11,13,15-16H2,2H3,(H,31,34)(H,32,36)/t17-,23-,28-/m0/s1. The Morgan fingerprint density at radius 2 is 2.11 bits per heavy atom. The van der Waals surface area contributed by atoms with Crippen molar-refractivity contribution in [1.29, 1.82) is 5.26 Å². The number of nitriles is 1. The lowest BCUT2D eigenvalue weighted by Crippen LogP contribution is -2.53. The van der Waals surface area contributed by atoms with Crippen LogP contribution < -0.4 is 15.4 Å². The summed E-state index contributed by atoms with van der Waals surface area (Å²) >= 11 is 0. The zero-order valence-electron chi connectivity index (χ0n) is 20.6. The number of nitrogens with one attached hydrogen (secondary N) is 3. The van der Waals surface area contributed by atoms with Gasteiger partial charge in [0.15, 0.2) is 0 Å². The van der Waals surface area contributed by atoms with Crippen LogP contribution in [0.1, 0.15) is 22.5 Å². The molecule has 10 heteroatoms. The van der Waals surface area contributed by atoms with Gasteiger partial charge in [-0.15, -0.1) is 6.42 Å². The van der Waals surface area contributed by atoms with E-state index in [0.717, 1.165) is 5.56 Å². The minimum absolute atomic E-state index is 0.00198. The van der Waals surface area contributed by atoms with Gasteiger partial charge in [0.25, 0.3) is 5.91 Å². The summed E-state index contributed by atoms with van der Waals surface area (Å²) in [4.78, 5) is 44.4. The first-order valence-electron chi connectivity index (χ1n) is 12.0. The topological polar surface area (TPSA) is 137 Å².